The molecule has 1 saturated heterocycles. The highest BCUT2D eigenvalue weighted by molar-refractivity contribution is 6.06. The Balaban J connectivity index is 1.45. The van der Waals surface area contributed by atoms with Crippen molar-refractivity contribution in [2.75, 3.05) is 0 Å². The molecule has 2 heterocycles. The lowest BCUT2D eigenvalue weighted by atomic mass is 9.85. The molecule has 2 fully saturated rings. The predicted molar refractivity (Wildman–Crippen MR) is 103 cm³/mol. The topological polar surface area (TPSA) is 133 Å². The summed E-state index contributed by atoms with van der Waals surface area (Å²) in [4.78, 5) is 61.6. The number of nitrogens with one attached hydrogen (secondary N) is 2. The maximum absolute atomic E-state index is 12.7. The van der Waals surface area contributed by atoms with Gasteiger partial charge in [-0.3, -0.25) is 29.3 Å². The van der Waals surface area contributed by atoms with Crippen molar-refractivity contribution in [1.29, 1.82) is 0 Å². The molecule has 1 unspecified atom stereocenters. The quantitative estimate of drug-likeness (QED) is 0.626. The Morgan fingerprint density at radius 3 is 2.67 bits per heavy atom. The second-order valence-electron chi connectivity index (χ2n) is 8.14. The Morgan fingerprint density at radius 1 is 1.13 bits per heavy atom. The molecule has 3 aliphatic rings. The van der Waals surface area contributed by atoms with Crippen LogP contribution in [0.3, 0.4) is 0 Å². The first-order chi connectivity index (χ1) is 14.3. The van der Waals surface area contributed by atoms with Crippen molar-refractivity contribution in [2.24, 2.45) is 5.92 Å². The minimum atomic E-state index is -0.835. The standard InChI is InChI=1S/C21H23N3O6/c25-17-7-6-16(19(27)23-17)24-10-13-8-11(4-5-15(13)20(24)28)18(26)22-14-3-1-2-12(9-14)21(29)30/h4-5,8,12,14,16H,1-3,6-7,9-10H2,(H,22,26)(H,29,30)(H,23,25,27)/t12-,14+,16?/m1/s1. The number of carboxylic acids is 1. The van der Waals surface area contributed by atoms with E-state index in [1.165, 1.54) is 4.90 Å². The molecule has 9 heteroatoms. The molecule has 4 rings (SSSR count). The number of carbonyl (C=O) groups is 5. The molecule has 158 valence electrons. The van der Waals surface area contributed by atoms with Crippen molar-refractivity contribution >= 4 is 29.6 Å². The summed E-state index contributed by atoms with van der Waals surface area (Å²) in [6.45, 7) is 0.200. The van der Waals surface area contributed by atoms with Gasteiger partial charge in [0.15, 0.2) is 0 Å². The second-order valence-corrected chi connectivity index (χ2v) is 8.14. The van der Waals surface area contributed by atoms with Crippen LogP contribution in [0.2, 0.25) is 0 Å². The van der Waals surface area contributed by atoms with Crippen LogP contribution < -0.4 is 10.6 Å². The van der Waals surface area contributed by atoms with Gasteiger partial charge >= 0.3 is 5.97 Å². The Bertz CT molecular complexity index is 943. The van der Waals surface area contributed by atoms with E-state index >= 15 is 0 Å². The molecule has 0 radical (unpaired) electrons. The van der Waals surface area contributed by atoms with Crippen LogP contribution >= 0.6 is 0 Å². The van der Waals surface area contributed by atoms with Gasteiger partial charge in [0.2, 0.25) is 11.8 Å². The van der Waals surface area contributed by atoms with Crippen molar-refractivity contribution < 1.29 is 29.1 Å². The first-order valence-corrected chi connectivity index (χ1v) is 10.1. The van der Waals surface area contributed by atoms with Crippen LogP contribution in [0.4, 0.5) is 0 Å². The maximum atomic E-state index is 12.7. The number of aliphatic carboxylic acids is 1. The summed E-state index contributed by atoms with van der Waals surface area (Å²) < 4.78 is 0. The third-order valence-corrected chi connectivity index (χ3v) is 6.14. The number of fused-ring (bicyclic) bond motifs is 1. The summed E-state index contributed by atoms with van der Waals surface area (Å²) in [5.74, 6) is -2.69. The van der Waals surface area contributed by atoms with E-state index in [1.54, 1.807) is 18.2 Å². The van der Waals surface area contributed by atoms with Crippen LogP contribution in [0.15, 0.2) is 18.2 Å². The normalized spacial score (nSPS) is 26.2. The van der Waals surface area contributed by atoms with Crippen LogP contribution in [0.5, 0.6) is 0 Å². The smallest absolute Gasteiger partial charge is 0.306 e. The summed E-state index contributed by atoms with van der Waals surface area (Å²) in [6.07, 6.45) is 2.99. The van der Waals surface area contributed by atoms with Crippen LogP contribution in [-0.2, 0) is 20.9 Å². The molecule has 2 aliphatic heterocycles. The molecule has 0 spiro atoms. The molecule has 1 aliphatic carbocycles. The van der Waals surface area contributed by atoms with E-state index in [1.807, 2.05) is 0 Å². The molecule has 1 aromatic rings. The van der Waals surface area contributed by atoms with Crippen molar-refractivity contribution in [3.8, 4) is 0 Å². The van der Waals surface area contributed by atoms with Crippen molar-refractivity contribution in [1.82, 2.24) is 15.5 Å². The van der Waals surface area contributed by atoms with Gasteiger partial charge in [-0.1, -0.05) is 6.42 Å². The average Bonchev–Trinajstić information content (AvgIpc) is 3.04. The first-order valence-electron chi connectivity index (χ1n) is 10.1. The van der Waals surface area contributed by atoms with Gasteiger partial charge in [-0.2, -0.15) is 0 Å². The van der Waals surface area contributed by atoms with Gasteiger partial charge in [-0.25, -0.2) is 0 Å². The monoisotopic (exact) mass is 413 g/mol. The first kappa shape index (κ1) is 20.1. The lowest BCUT2D eigenvalue weighted by molar-refractivity contribution is -0.143. The SMILES string of the molecule is O=C1CCC(N2Cc3cc(C(=O)N[C@H]4CCC[C@@H](C(=O)O)C4)ccc3C2=O)C(=O)N1. The molecule has 3 N–H and O–H groups in total. The molecule has 9 nitrogen and oxygen atoms in total. The third-order valence-electron chi connectivity index (χ3n) is 6.14. The predicted octanol–water partition coefficient (Wildman–Crippen LogP) is 0.821. The fourth-order valence-electron chi connectivity index (χ4n) is 4.53. The molecular formula is C21H23N3O6. The summed E-state index contributed by atoms with van der Waals surface area (Å²) >= 11 is 0. The van der Waals surface area contributed by atoms with Gasteiger partial charge in [0, 0.05) is 30.1 Å². The number of hydrogen-bond acceptors (Lipinski definition) is 5. The number of imide groups is 1. The molecule has 0 aromatic heterocycles. The van der Waals surface area contributed by atoms with Crippen LogP contribution in [0.1, 0.15) is 64.8 Å². The highest BCUT2D eigenvalue weighted by Gasteiger charge is 2.39. The van der Waals surface area contributed by atoms with E-state index in [0.29, 0.717) is 29.5 Å². The number of carboxylic acid groups (broad SMARTS) is 1. The molecule has 1 saturated carbocycles. The summed E-state index contributed by atoms with van der Waals surface area (Å²) in [5.41, 5.74) is 1.49. The highest BCUT2D eigenvalue weighted by Crippen LogP contribution is 2.29. The van der Waals surface area contributed by atoms with E-state index < -0.39 is 23.8 Å². The Hall–Kier alpha value is -3.23. The van der Waals surface area contributed by atoms with Crippen molar-refractivity contribution in [2.45, 2.75) is 57.2 Å². The maximum Gasteiger partial charge on any atom is 0.306 e. The molecule has 3 atom stereocenters. The Kier molecular flexibility index (Phi) is 5.27. The summed E-state index contributed by atoms with van der Waals surface area (Å²) in [5, 5.41) is 14.4. The Morgan fingerprint density at radius 2 is 1.93 bits per heavy atom. The molecule has 4 amide bonds. The van der Waals surface area contributed by atoms with Crippen LogP contribution in [0.25, 0.3) is 0 Å². The van der Waals surface area contributed by atoms with E-state index in [-0.39, 0.29) is 43.1 Å². The van der Waals surface area contributed by atoms with Gasteiger partial charge in [-0.05, 0) is 49.4 Å². The number of benzene rings is 1. The molecule has 1 aromatic carbocycles. The third kappa shape index (κ3) is 3.79. The number of amides is 4. The van der Waals surface area contributed by atoms with E-state index in [9.17, 15) is 29.1 Å². The van der Waals surface area contributed by atoms with Gasteiger partial charge in [0.25, 0.3) is 11.8 Å². The zero-order valence-electron chi connectivity index (χ0n) is 16.3. The number of nitrogens with zero attached hydrogens (tertiary/aromatic N) is 1. The zero-order chi connectivity index (χ0) is 21.4. The van der Waals surface area contributed by atoms with E-state index in [0.717, 1.165) is 12.8 Å². The summed E-state index contributed by atoms with van der Waals surface area (Å²) in [7, 11) is 0. The number of piperidine rings is 1. The van der Waals surface area contributed by atoms with E-state index in [2.05, 4.69) is 10.6 Å². The zero-order valence-corrected chi connectivity index (χ0v) is 16.3. The van der Waals surface area contributed by atoms with Gasteiger partial charge in [-0.15, -0.1) is 0 Å². The van der Waals surface area contributed by atoms with E-state index in [4.69, 9.17) is 0 Å². The van der Waals surface area contributed by atoms with Gasteiger partial charge in [0.1, 0.15) is 6.04 Å². The van der Waals surface area contributed by atoms with Crippen molar-refractivity contribution in [3.63, 3.8) is 0 Å². The minimum Gasteiger partial charge on any atom is -0.481 e. The van der Waals surface area contributed by atoms with Crippen molar-refractivity contribution in [3.05, 3.63) is 34.9 Å². The highest BCUT2D eigenvalue weighted by atomic mass is 16.4. The minimum absolute atomic E-state index is 0.183. The Labute approximate surface area is 172 Å². The second kappa shape index (κ2) is 7.89. The summed E-state index contributed by atoms with van der Waals surface area (Å²) in [6, 6.07) is 3.90. The van der Waals surface area contributed by atoms with Gasteiger partial charge < -0.3 is 15.3 Å². The van der Waals surface area contributed by atoms with Crippen LogP contribution in [0, 0.1) is 5.92 Å². The van der Waals surface area contributed by atoms with Gasteiger partial charge in [0.05, 0.1) is 5.92 Å². The fraction of sp³-hybridized carbons (Fsp3) is 0.476. The molecular weight excluding hydrogens is 390 g/mol. The lowest BCUT2D eigenvalue weighted by Gasteiger charge is -2.29. The number of rotatable bonds is 4. The molecule has 0 bridgehead atoms. The lowest BCUT2D eigenvalue weighted by Crippen LogP contribution is -2.52. The number of carbonyl (C=O) groups excluding carboxylic acids is 4. The largest absolute Gasteiger partial charge is 0.481 e. The fourth-order valence-corrected chi connectivity index (χ4v) is 4.53. The molecule has 30 heavy (non-hydrogen) atoms. The number of hydrogen-bond donors (Lipinski definition) is 3. The van der Waals surface area contributed by atoms with Crippen LogP contribution in [-0.4, -0.2) is 51.7 Å². The average molecular weight is 413 g/mol.